The van der Waals surface area contributed by atoms with Crippen LogP contribution in [0.25, 0.3) is 22.3 Å². The van der Waals surface area contributed by atoms with E-state index < -0.39 is 40.8 Å². The third kappa shape index (κ3) is 9.85. The summed E-state index contributed by atoms with van der Waals surface area (Å²) in [4.78, 5) is 68.6. The van der Waals surface area contributed by atoms with E-state index in [9.17, 15) is 24.3 Å². The highest BCUT2D eigenvalue weighted by Gasteiger charge is 2.61. The van der Waals surface area contributed by atoms with Crippen molar-refractivity contribution in [3.05, 3.63) is 42.1 Å². The second kappa shape index (κ2) is 18.0. The van der Waals surface area contributed by atoms with E-state index in [1.54, 1.807) is 18.2 Å². The number of amides is 1. The van der Waals surface area contributed by atoms with Crippen molar-refractivity contribution >= 4 is 52.1 Å². The lowest BCUT2D eigenvalue weighted by molar-refractivity contribution is -0.157. The maximum absolute atomic E-state index is 14.9. The number of halogens is 1. The molecule has 0 spiro atoms. The van der Waals surface area contributed by atoms with E-state index in [2.05, 4.69) is 21.8 Å². The molecule has 0 radical (unpaired) electrons. The number of hydrogen-bond acceptors (Lipinski definition) is 13. The Morgan fingerprint density at radius 1 is 1.05 bits per heavy atom. The number of nitrogens with one attached hydrogen (secondary N) is 1. The topological polar surface area (TPSA) is 183 Å². The molecule has 5 fully saturated rings. The number of fused-ring (bicyclic) bond motifs is 2. The monoisotopic (exact) mass is 889 g/mol. The number of carboxylic acid groups (broad SMARTS) is 1. The van der Waals surface area contributed by atoms with Gasteiger partial charge in [0, 0.05) is 50.0 Å². The zero-order valence-electron chi connectivity index (χ0n) is 36.9. The number of ketones is 1. The molecule has 3 aliphatic carbocycles. The van der Waals surface area contributed by atoms with Crippen LogP contribution in [0.1, 0.15) is 79.6 Å². The predicted molar refractivity (Wildman–Crippen MR) is 235 cm³/mol. The van der Waals surface area contributed by atoms with Crippen molar-refractivity contribution in [3.8, 4) is 22.9 Å². The molecular weight excluding hydrogens is 830 g/mol. The van der Waals surface area contributed by atoms with E-state index >= 15 is 0 Å². The van der Waals surface area contributed by atoms with Gasteiger partial charge in [-0.2, -0.15) is 4.98 Å². The second-order valence-electron chi connectivity index (χ2n) is 19.5. The van der Waals surface area contributed by atoms with Gasteiger partial charge in [0.2, 0.25) is 5.91 Å². The SMILES string of the molecule is C=C[C@@H]1CC1(CC(=O)[C@@H]1C[C@@H](Oc2cc(-c3coc(NC(C)C)n3)nc3c(Cl)c(OCCN4CCOCC4)ccc23)CN1C(=O)[C@@H](CC(=O)OC1C[C@@H]2C[C@@H]2C1)C(C)(C)C)C(=O)O. The molecule has 1 aromatic carbocycles. The van der Waals surface area contributed by atoms with Crippen LogP contribution in [0, 0.1) is 34.5 Å². The van der Waals surface area contributed by atoms with Gasteiger partial charge in [-0.1, -0.05) is 38.4 Å². The third-order valence-electron chi connectivity index (χ3n) is 13.6. The van der Waals surface area contributed by atoms with Crippen LogP contribution in [0.2, 0.25) is 5.02 Å². The highest BCUT2D eigenvalue weighted by Crippen LogP contribution is 2.57. The first-order valence-electron chi connectivity index (χ1n) is 22.4. The molecule has 2 saturated heterocycles. The highest BCUT2D eigenvalue weighted by atomic mass is 35.5. The fourth-order valence-electron chi connectivity index (χ4n) is 9.69. The van der Waals surface area contributed by atoms with Gasteiger partial charge in [0.1, 0.15) is 47.3 Å². The minimum atomic E-state index is -1.28. The number of likely N-dealkylation sites (tertiary alicyclic amines) is 1. The second-order valence-corrected chi connectivity index (χ2v) is 19.9. The number of rotatable bonds is 18. The average Bonchev–Trinajstić information content (AvgIpc) is 3.91. The first-order valence-corrected chi connectivity index (χ1v) is 22.7. The minimum Gasteiger partial charge on any atom is -0.491 e. The van der Waals surface area contributed by atoms with E-state index in [1.165, 1.54) is 17.6 Å². The molecule has 16 heteroatoms. The van der Waals surface area contributed by atoms with Gasteiger partial charge >= 0.3 is 11.9 Å². The van der Waals surface area contributed by atoms with Crippen LogP contribution >= 0.6 is 11.6 Å². The first kappa shape index (κ1) is 44.9. The Kier molecular flexibility index (Phi) is 12.8. The molecule has 2 unspecified atom stereocenters. The van der Waals surface area contributed by atoms with E-state index in [-0.39, 0.29) is 60.6 Å². The van der Waals surface area contributed by atoms with E-state index in [4.69, 9.17) is 39.9 Å². The van der Waals surface area contributed by atoms with Crippen molar-refractivity contribution in [2.45, 2.75) is 104 Å². The van der Waals surface area contributed by atoms with Crippen LogP contribution in [-0.2, 0) is 28.7 Å². The lowest BCUT2D eigenvalue weighted by Crippen LogP contribution is -2.48. The number of hydrogen-bond donors (Lipinski definition) is 2. The molecule has 1 amide bonds. The van der Waals surface area contributed by atoms with E-state index in [0.29, 0.717) is 84.4 Å². The molecule has 340 valence electrons. The number of morpholine rings is 1. The molecule has 2 N–H and O–H groups in total. The maximum Gasteiger partial charge on any atom is 0.310 e. The van der Waals surface area contributed by atoms with Crippen LogP contribution in [-0.4, -0.2) is 119 Å². The van der Waals surface area contributed by atoms with Crippen molar-refractivity contribution in [2.24, 2.45) is 34.5 Å². The van der Waals surface area contributed by atoms with Crippen LogP contribution in [0.3, 0.4) is 0 Å². The minimum absolute atomic E-state index is 0.00977. The molecule has 0 bridgehead atoms. The normalized spacial score (nSPS) is 27.2. The molecule has 63 heavy (non-hydrogen) atoms. The molecule has 2 aromatic heterocycles. The summed E-state index contributed by atoms with van der Waals surface area (Å²) in [6.45, 7) is 17.5. The molecule has 15 nitrogen and oxygen atoms in total. The van der Waals surface area contributed by atoms with Crippen LogP contribution < -0.4 is 14.8 Å². The van der Waals surface area contributed by atoms with Gasteiger partial charge in [0.25, 0.3) is 6.01 Å². The molecule has 3 saturated carbocycles. The summed E-state index contributed by atoms with van der Waals surface area (Å²) in [5.74, 6) is -1.37. The summed E-state index contributed by atoms with van der Waals surface area (Å²) in [5, 5.41) is 14.3. The number of benzene rings is 1. The number of carbonyl (C=O) groups excluding carboxylic acids is 3. The Morgan fingerprint density at radius 2 is 1.79 bits per heavy atom. The van der Waals surface area contributed by atoms with Crippen molar-refractivity contribution in [3.63, 3.8) is 0 Å². The van der Waals surface area contributed by atoms with Gasteiger partial charge in [-0.15, -0.1) is 6.58 Å². The van der Waals surface area contributed by atoms with E-state index in [1.807, 2.05) is 40.7 Å². The molecule has 8 rings (SSSR count). The largest absolute Gasteiger partial charge is 0.491 e. The van der Waals surface area contributed by atoms with E-state index in [0.717, 1.165) is 25.9 Å². The van der Waals surface area contributed by atoms with Gasteiger partial charge in [-0.3, -0.25) is 24.1 Å². The first-order chi connectivity index (χ1) is 30.0. The lowest BCUT2D eigenvalue weighted by atomic mass is 9.77. The fraction of sp³-hybridized carbons (Fsp3) is 0.617. The predicted octanol–water partition coefficient (Wildman–Crippen LogP) is 7.05. The summed E-state index contributed by atoms with van der Waals surface area (Å²) >= 11 is 7.09. The highest BCUT2D eigenvalue weighted by molar-refractivity contribution is 6.36. The number of pyridine rings is 1. The number of Topliss-reactive ketones (excluding diaryl/α,β-unsaturated/α-hetero) is 1. The number of nitrogens with zero attached hydrogens (tertiary/aromatic N) is 4. The molecule has 3 aromatic rings. The Hall–Kier alpha value is -4.73. The molecular formula is C47H60ClN5O10. The number of anilines is 1. The number of carbonyl (C=O) groups is 4. The van der Waals surface area contributed by atoms with Crippen LogP contribution in [0.4, 0.5) is 6.01 Å². The smallest absolute Gasteiger partial charge is 0.310 e. The van der Waals surface area contributed by atoms with Crippen molar-refractivity contribution in [2.75, 3.05) is 51.3 Å². The van der Waals surface area contributed by atoms with Gasteiger partial charge < -0.3 is 38.7 Å². The van der Waals surface area contributed by atoms with Crippen LogP contribution in [0.5, 0.6) is 11.5 Å². The van der Waals surface area contributed by atoms with Crippen LogP contribution in [0.15, 0.2) is 41.5 Å². The quantitative estimate of drug-likeness (QED) is 0.0979. The summed E-state index contributed by atoms with van der Waals surface area (Å²) in [6, 6.07) is 4.69. The fourth-order valence-corrected chi connectivity index (χ4v) is 9.95. The van der Waals surface area contributed by atoms with Gasteiger partial charge in [0.05, 0.1) is 54.8 Å². The summed E-state index contributed by atoms with van der Waals surface area (Å²) < 4.78 is 30.1. The summed E-state index contributed by atoms with van der Waals surface area (Å²) in [5.41, 5.74) is -0.736. The Labute approximate surface area is 373 Å². The number of allylic oxidation sites excluding steroid dienone is 1. The molecule has 4 heterocycles. The van der Waals surface area contributed by atoms with Gasteiger partial charge in [-0.25, -0.2) is 4.98 Å². The third-order valence-corrected chi connectivity index (χ3v) is 13.9. The number of carboxylic acids is 1. The van der Waals surface area contributed by atoms with Gasteiger partial charge in [-0.05, 0) is 74.8 Å². The number of oxazole rings is 1. The molecule has 2 aliphatic heterocycles. The van der Waals surface area contributed by atoms with Crippen molar-refractivity contribution in [1.29, 1.82) is 0 Å². The zero-order chi connectivity index (χ0) is 44.8. The standard InChI is InChI=1S/C47H60ClN5O10/c1-7-29-22-47(29,44(57)58)23-37(54)36-19-31(24-53(36)43(56)33(46(4,5)6)20-40(55)63-30-17-27-16-28(27)18-30)62-39-21-34(35-25-61-45(51-35)49-26(2)3)50-42-32(39)8-9-38(41(42)48)60-15-12-52-10-13-59-14-11-52/h7-9,21,25-31,33,36H,1,10-20,22-24H2,2-6H3,(H,49,51)(H,57,58)/t27-,28+,29-,30?,31-,33-,36+,47?/m1/s1. The Balaban J connectivity index is 1.09. The van der Waals surface area contributed by atoms with Crippen molar-refractivity contribution < 1.29 is 47.6 Å². The van der Waals surface area contributed by atoms with Gasteiger partial charge in [0.15, 0.2) is 5.78 Å². The number of aliphatic carboxylic acids is 1. The lowest BCUT2D eigenvalue weighted by Gasteiger charge is -2.35. The number of aromatic nitrogens is 2. The number of ether oxygens (including phenoxy) is 4. The average molecular weight is 890 g/mol. The summed E-state index contributed by atoms with van der Waals surface area (Å²) in [6.07, 6.45) is 5.09. The zero-order valence-corrected chi connectivity index (χ0v) is 37.7. The Bertz CT molecular complexity index is 2220. The maximum atomic E-state index is 14.9. The Morgan fingerprint density at radius 3 is 2.46 bits per heavy atom. The molecule has 5 aliphatic rings. The summed E-state index contributed by atoms with van der Waals surface area (Å²) in [7, 11) is 0. The van der Waals surface area contributed by atoms with Crippen molar-refractivity contribution in [1.82, 2.24) is 19.8 Å². The number of esters is 1. The molecule has 8 atom stereocenters.